The third kappa shape index (κ3) is 3.98. The van der Waals surface area contributed by atoms with E-state index in [-0.39, 0.29) is 5.41 Å². The summed E-state index contributed by atoms with van der Waals surface area (Å²) >= 11 is 5.88. The van der Waals surface area contributed by atoms with E-state index in [0.717, 1.165) is 16.5 Å². The Morgan fingerprint density at radius 2 is 1.89 bits per heavy atom. The molecule has 0 saturated heterocycles. The average molecular weight is 293 g/mol. The van der Waals surface area contributed by atoms with Crippen molar-refractivity contribution in [2.24, 2.45) is 0 Å². The molecular weight excluding hydrogens is 274 g/mol. The second-order valence-electron chi connectivity index (χ2n) is 5.44. The first kappa shape index (κ1) is 14.4. The maximum atomic E-state index is 5.74. The van der Waals surface area contributed by atoms with Gasteiger partial charge in [-0.3, -0.25) is 0 Å². The second-order valence-corrected chi connectivity index (χ2v) is 6.96. The Morgan fingerprint density at radius 3 is 2.42 bits per heavy atom. The normalized spacial score (nSPS) is 11.6. The zero-order chi connectivity index (χ0) is 13.9. The van der Waals surface area contributed by atoms with Crippen LogP contribution in [-0.2, 0) is 17.8 Å². The minimum Gasteiger partial charge on any atom is -0.486 e. The summed E-state index contributed by atoms with van der Waals surface area (Å²) in [5.41, 5.74) is 1.49. The van der Waals surface area contributed by atoms with Gasteiger partial charge in [0, 0.05) is 16.8 Å². The first-order valence-corrected chi connectivity index (χ1v) is 7.72. The van der Waals surface area contributed by atoms with Crippen molar-refractivity contribution >= 4 is 24.0 Å². The molecule has 0 bridgehead atoms. The van der Waals surface area contributed by atoms with E-state index in [1.165, 1.54) is 10.4 Å². The molecule has 0 unspecified atom stereocenters. The third-order valence-corrected chi connectivity index (χ3v) is 4.37. The highest BCUT2D eigenvalue weighted by molar-refractivity contribution is 7.79. The van der Waals surface area contributed by atoms with Crippen LogP contribution in [0.15, 0.2) is 30.5 Å². The topological polar surface area (TPSA) is 22.1 Å². The number of hydrogen-bond donors (Lipinski definition) is 1. The van der Waals surface area contributed by atoms with Gasteiger partial charge >= 0.3 is 0 Å². The van der Waals surface area contributed by atoms with Crippen LogP contribution >= 0.6 is 24.0 Å². The third-order valence-electron chi connectivity index (χ3n) is 2.84. The van der Waals surface area contributed by atoms with Gasteiger partial charge in [0.2, 0.25) is 0 Å². The molecule has 0 aliphatic carbocycles. The predicted molar refractivity (Wildman–Crippen MR) is 84.3 cm³/mol. The number of thiazole rings is 1. The minimum atomic E-state index is 0.176. The first-order valence-electron chi connectivity index (χ1n) is 6.27. The van der Waals surface area contributed by atoms with Crippen LogP contribution in [0.2, 0.25) is 0 Å². The number of aromatic nitrogens is 1. The number of thiol groups is 1. The number of rotatable bonds is 4. The summed E-state index contributed by atoms with van der Waals surface area (Å²) in [5.74, 6) is 1.62. The standard InChI is InChI=1S/C15H19NOS2/c1-15(2,3)11-4-6-12(7-5-11)17-9-14-16-8-13(10-18)19-14/h4-8,18H,9-10H2,1-3H3. The van der Waals surface area contributed by atoms with Crippen molar-refractivity contribution in [1.29, 1.82) is 0 Å². The highest BCUT2D eigenvalue weighted by Crippen LogP contribution is 2.25. The van der Waals surface area contributed by atoms with E-state index in [0.29, 0.717) is 6.61 Å². The maximum Gasteiger partial charge on any atom is 0.140 e. The van der Waals surface area contributed by atoms with Crippen molar-refractivity contribution in [2.45, 2.75) is 38.5 Å². The van der Waals surface area contributed by atoms with Gasteiger partial charge in [-0.15, -0.1) is 11.3 Å². The van der Waals surface area contributed by atoms with Crippen LogP contribution in [0.25, 0.3) is 0 Å². The first-order chi connectivity index (χ1) is 8.99. The van der Waals surface area contributed by atoms with Gasteiger partial charge in [0.25, 0.3) is 0 Å². The summed E-state index contributed by atoms with van der Waals surface area (Å²) in [4.78, 5) is 5.47. The largest absolute Gasteiger partial charge is 0.486 e. The molecule has 0 aliphatic heterocycles. The van der Waals surface area contributed by atoms with E-state index in [4.69, 9.17) is 4.74 Å². The number of hydrogen-bond acceptors (Lipinski definition) is 4. The SMILES string of the molecule is CC(C)(C)c1ccc(OCc2ncc(CS)s2)cc1. The highest BCUT2D eigenvalue weighted by atomic mass is 32.1. The molecule has 0 saturated carbocycles. The van der Waals surface area contributed by atoms with Gasteiger partial charge in [0.1, 0.15) is 17.4 Å². The number of ether oxygens (including phenoxy) is 1. The zero-order valence-corrected chi connectivity index (χ0v) is 13.2. The summed E-state index contributed by atoms with van der Waals surface area (Å²) in [6.07, 6.45) is 1.86. The summed E-state index contributed by atoms with van der Waals surface area (Å²) in [7, 11) is 0. The van der Waals surface area contributed by atoms with Crippen molar-refractivity contribution in [3.8, 4) is 5.75 Å². The molecule has 1 aromatic heterocycles. The fourth-order valence-electron chi connectivity index (χ4n) is 1.68. The molecule has 2 nitrogen and oxygen atoms in total. The van der Waals surface area contributed by atoms with Crippen LogP contribution in [0.4, 0.5) is 0 Å². The molecular formula is C15H19NOS2. The molecule has 0 atom stereocenters. The molecule has 19 heavy (non-hydrogen) atoms. The summed E-state index contributed by atoms with van der Waals surface area (Å²) in [5, 5.41) is 0.990. The van der Waals surface area contributed by atoms with Gasteiger partial charge in [-0.1, -0.05) is 32.9 Å². The van der Waals surface area contributed by atoms with Crippen LogP contribution in [-0.4, -0.2) is 4.98 Å². The Labute approximate surface area is 124 Å². The zero-order valence-electron chi connectivity index (χ0n) is 11.5. The van der Waals surface area contributed by atoms with Crippen molar-refractivity contribution in [3.63, 3.8) is 0 Å². The lowest BCUT2D eigenvalue weighted by atomic mass is 9.87. The van der Waals surface area contributed by atoms with Gasteiger partial charge in [-0.25, -0.2) is 4.98 Å². The van der Waals surface area contributed by atoms with Crippen molar-refractivity contribution in [3.05, 3.63) is 45.9 Å². The predicted octanol–water partition coefficient (Wildman–Crippen LogP) is 4.45. The number of benzene rings is 1. The highest BCUT2D eigenvalue weighted by Gasteiger charge is 2.13. The minimum absolute atomic E-state index is 0.176. The molecule has 0 spiro atoms. The van der Waals surface area contributed by atoms with Gasteiger partial charge < -0.3 is 4.74 Å². The van der Waals surface area contributed by atoms with Crippen molar-refractivity contribution in [1.82, 2.24) is 4.98 Å². The van der Waals surface area contributed by atoms with E-state index in [2.05, 4.69) is 50.5 Å². The Bertz CT molecular complexity index is 526. The Balaban J connectivity index is 1.96. The van der Waals surface area contributed by atoms with Gasteiger partial charge in [-0.05, 0) is 23.1 Å². The Hall–Kier alpha value is -1.00. The van der Waals surface area contributed by atoms with Gasteiger partial charge in [0.15, 0.2) is 0 Å². The second kappa shape index (κ2) is 5.97. The van der Waals surface area contributed by atoms with Crippen LogP contribution in [0.3, 0.4) is 0 Å². The summed E-state index contributed by atoms with van der Waals surface area (Å²) < 4.78 is 5.74. The maximum absolute atomic E-state index is 5.74. The van der Waals surface area contributed by atoms with Crippen LogP contribution in [0, 0.1) is 0 Å². The molecule has 0 radical (unpaired) electrons. The molecule has 0 N–H and O–H groups in total. The molecule has 0 aliphatic rings. The van der Waals surface area contributed by atoms with Gasteiger partial charge in [-0.2, -0.15) is 12.6 Å². The molecule has 1 heterocycles. The van der Waals surface area contributed by atoms with E-state index < -0.39 is 0 Å². The van der Waals surface area contributed by atoms with Crippen LogP contribution in [0.1, 0.15) is 36.2 Å². The molecule has 2 aromatic rings. The fraction of sp³-hybridized carbons (Fsp3) is 0.400. The molecule has 0 amide bonds. The lowest BCUT2D eigenvalue weighted by molar-refractivity contribution is 0.305. The van der Waals surface area contributed by atoms with Crippen LogP contribution < -0.4 is 4.74 Å². The molecule has 1 aromatic carbocycles. The molecule has 102 valence electrons. The average Bonchev–Trinajstić information content (AvgIpc) is 2.84. The Morgan fingerprint density at radius 1 is 1.21 bits per heavy atom. The fourth-order valence-corrected chi connectivity index (χ4v) is 2.66. The molecule has 2 rings (SSSR count). The van der Waals surface area contributed by atoms with Crippen molar-refractivity contribution in [2.75, 3.05) is 0 Å². The van der Waals surface area contributed by atoms with E-state index in [1.54, 1.807) is 11.3 Å². The van der Waals surface area contributed by atoms with E-state index in [9.17, 15) is 0 Å². The van der Waals surface area contributed by atoms with Gasteiger partial charge in [0.05, 0.1) is 0 Å². The van der Waals surface area contributed by atoms with E-state index >= 15 is 0 Å². The van der Waals surface area contributed by atoms with E-state index in [1.807, 2.05) is 18.3 Å². The molecule has 0 fully saturated rings. The van der Waals surface area contributed by atoms with Crippen molar-refractivity contribution < 1.29 is 4.74 Å². The quantitative estimate of drug-likeness (QED) is 0.841. The lowest BCUT2D eigenvalue weighted by Gasteiger charge is -2.19. The van der Waals surface area contributed by atoms with Crippen LogP contribution in [0.5, 0.6) is 5.75 Å². The summed E-state index contributed by atoms with van der Waals surface area (Å²) in [6, 6.07) is 8.29. The lowest BCUT2D eigenvalue weighted by Crippen LogP contribution is -2.10. The monoisotopic (exact) mass is 293 g/mol. The summed E-state index contributed by atoms with van der Waals surface area (Å²) in [6.45, 7) is 7.14. The smallest absolute Gasteiger partial charge is 0.140 e. The number of nitrogens with zero attached hydrogens (tertiary/aromatic N) is 1. The Kier molecular flexibility index (Phi) is 4.53. The molecule has 4 heteroatoms.